The number of amides is 2. The third-order valence-corrected chi connectivity index (χ3v) is 3.56. The number of benzene rings is 2. The number of urea groups is 1. The summed E-state index contributed by atoms with van der Waals surface area (Å²) in [6.07, 6.45) is 0.862. The molecule has 2 aromatic rings. The van der Waals surface area contributed by atoms with E-state index in [-0.39, 0.29) is 6.73 Å². The van der Waals surface area contributed by atoms with Gasteiger partial charge in [-0.15, -0.1) is 0 Å². The molecule has 2 amide bonds. The Labute approximate surface area is 139 Å². The van der Waals surface area contributed by atoms with E-state index in [0.717, 1.165) is 17.7 Å². The fourth-order valence-corrected chi connectivity index (χ4v) is 2.21. The molecule has 0 aliphatic heterocycles. The van der Waals surface area contributed by atoms with Gasteiger partial charge in [0.05, 0.1) is 10.7 Å². The molecule has 4 nitrogen and oxygen atoms in total. The highest BCUT2D eigenvalue weighted by Gasteiger charge is 2.07. The zero-order chi connectivity index (χ0) is 15.9. The van der Waals surface area contributed by atoms with Crippen molar-refractivity contribution in [2.75, 3.05) is 12.0 Å². The third kappa shape index (κ3) is 4.55. The highest BCUT2D eigenvalue weighted by molar-refractivity contribution is 6.35. The summed E-state index contributed by atoms with van der Waals surface area (Å²) in [5, 5.41) is 6.13. The molecule has 0 aliphatic rings. The predicted octanol–water partition coefficient (Wildman–Crippen LogP) is 4.71. The number of aryl methyl sites for hydroxylation is 1. The molecule has 2 N–H and O–H groups in total. The van der Waals surface area contributed by atoms with E-state index in [1.54, 1.807) is 18.2 Å². The van der Waals surface area contributed by atoms with Crippen LogP contribution in [0.2, 0.25) is 10.0 Å². The maximum atomic E-state index is 11.8. The van der Waals surface area contributed by atoms with Crippen LogP contribution in [0.15, 0.2) is 42.5 Å². The molecule has 0 aliphatic carbocycles. The number of para-hydroxylation sites is 1. The first-order valence-corrected chi connectivity index (χ1v) is 7.56. The van der Waals surface area contributed by atoms with Crippen molar-refractivity contribution in [3.05, 3.63) is 58.1 Å². The van der Waals surface area contributed by atoms with E-state index in [4.69, 9.17) is 27.9 Å². The maximum absolute atomic E-state index is 11.8. The number of rotatable bonds is 5. The summed E-state index contributed by atoms with van der Waals surface area (Å²) in [5.74, 6) is 0.756. The van der Waals surface area contributed by atoms with Gasteiger partial charge in [0.2, 0.25) is 0 Å². The molecule has 0 unspecified atom stereocenters. The average molecular weight is 339 g/mol. The van der Waals surface area contributed by atoms with E-state index in [1.165, 1.54) is 0 Å². The van der Waals surface area contributed by atoms with Crippen LogP contribution in [0.1, 0.15) is 12.5 Å². The van der Waals surface area contributed by atoms with Crippen molar-refractivity contribution in [2.45, 2.75) is 13.3 Å². The van der Waals surface area contributed by atoms with Gasteiger partial charge in [-0.05, 0) is 36.2 Å². The highest BCUT2D eigenvalue weighted by atomic mass is 35.5. The lowest BCUT2D eigenvalue weighted by atomic mass is 10.1. The molecular formula is C16H16Cl2N2O2. The van der Waals surface area contributed by atoms with E-state index in [1.807, 2.05) is 31.2 Å². The fraction of sp³-hybridized carbons (Fsp3) is 0.188. The van der Waals surface area contributed by atoms with Crippen LogP contribution < -0.4 is 15.4 Å². The summed E-state index contributed by atoms with van der Waals surface area (Å²) in [6, 6.07) is 12.1. The van der Waals surface area contributed by atoms with Gasteiger partial charge < -0.3 is 15.4 Å². The summed E-state index contributed by atoms with van der Waals surface area (Å²) in [6.45, 7) is 2.10. The number of halogens is 2. The summed E-state index contributed by atoms with van der Waals surface area (Å²) in [5.41, 5.74) is 1.53. The van der Waals surface area contributed by atoms with E-state index < -0.39 is 6.03 Å². The van der Waals surface area contributed by atoms with E-state index in [0.29, 0.717) is 15.7 Å². The first-order chi connectivity index (χ1) is 10.6. The quantitative estimate of drug-likeness (QED) is 0.775. The first-order valence-electron chi connectivity index (χ1n) is 6.80. The lowest BCUT2D eigenvalue weighted by Crippen LogP contribution is -2.32. The van der Waals surface area contributed by atoms with Crippen LogP contribution in [0.3, 0.4) is 0 Å². The van der Waals surface area contributed by atoms with Crippen molar-refractivity contribution in [1.82, 2.24) is 5.32 Å². The molecule has 0 saturated carbocycles. The Hall–Kier alpha value is -1.91. The maximum Gasteiger partial charge on any atom is 0.321 e. The largest absolute Gasteiger partial charge is 0.473 e. The van der Waals surface area contributed by atoms with Crippen molar-refractivity contribution < 1.29 is 9.53 Å². The second kappa shape index (κ2) is 7.92. The number of ether oxygens (including phenoxy) is 1. The fourth-order valence-electron chi connectivity index (χ4n) is 1.88. The van der Waals surface area contributed by atoms with Crippen molar-refractivity contribution in [3.63, 3.8) is 0 Å². The van der Waals surface area contributed by atoms with Gasteiger partial charge >= 0.3 is 6.03 Å². The standard InChI is InChI=1S/C16H16Cl2N2O2/c1-2-11-5-3-4-6-15(11)22-10-19-16(21)20-14-9-12(17)7-8-13(14)18/h3-9H,2,10H2,1H3,(H2,19,20,21). The molecule has 0 spiro atoms. The van der Waals surface area contributed by atoms with Gasteiger partial charge in [0, 0.05) is 5.02 Å². The lowest BCUT2D eigenvalue weighted by molar-refractivity contribution is 0.234. The second-order valence-corrected chi connectivity index (χ2v) is 5.35. The van der Waals surface area contributed by atoms with Crippen LogP contribution in [-0.4, -0.2) is 12.8 Å². The molecule has 6 heteroatoms. The molecule has 116 valence electrons. The van der Waals surface area contributed by atoms with Crippen molar-refractivity contribution in [1.29, 1.82) is 0 Å². The van der Waals surface area contributed by atoms with E-state index in [2.05, 4.69) is 10.6 Å². The molecule has 0 fully saturated rings. The summed E-state index contributed by atoms with van der Waals surface area (Å²) >= 11 is 11.8. The zero-order valence-electron chi connectivity index (χ0n) is 12.0. The molecule has 0 atom stereocenters. The first kappa shape index (κ1) is 16.5. The summed E-state index contributed by atoms with van der Waals surface area (Å²) < 4.78 is 5.56. The molecule has 0 bridgehead atoms. The Morgan fingerprint density at radius 3 is 2.73 bits per heavy atom. The monoisotopic (exact) mass is 338 g/mol. The highest BCUT2D eigenvalue weighted by Crippen LogP contribution is 2.25. The Bertz CT molecular complexity index is 662. The second-order valence-electron chi connectivity index (χ2n) is 4.51. The average Bonchev–Trinajstić information content (AvgIpc) is 2.51. The Morgan fingerprint density at radius 1 is 1.18 bits per heavy atom. The number of hydrogen-bond acceptors (Lipinski definition) is 2. The SMILES string of the molecule is CCc1ccccc1OCNC(=O)Nc1cc(Cl)ccc1Cl. The molecule has 0 aromatic heterocycles. The van der Waals surface area contributed by atoms with Crippen LogP contribution in [-0.2, 0) is 6.42 Å². The topological polar surface area (TPSA) is 50.4 Å². The van der Waals surface area contributed by atoms with Crippen molar-refractivity contribution >= 4 is 34.9 Å². The normalized spacial score (nSPS) is 10.1. The predicted molar refractivity (Wildman–Crippen MR) is 89.9 cm³/mol. The summed E-state index contributed by atoms with van der Waals surface area (Å²) in [4.78, 5) is 11.8. The lowest BCUT2D eigenvalue weighted by Gasteiger charge is -2.12. The van der Waals surface area contributed by atoms with Gasteiger partial charge in [-0.3, -0.25) is 0 Å². The van der Waals surface area contributed by atoms with Crippen LogP contribution in [0.5, 0.6) is 5.75 Å². The number of anilines is 1. The number of nitrogens with one attached hydrogen (secondary N) is 2. The van der Waals surface area contributed by atoms with Gasteiger partial charge in [-0.1, -0.05) is 48.3 Å². The van der Waals surface area contributed by atoms with E-state index in [9.17, 15) is 4.79 Å². The molecule has 0 radical (unpaired) electrons. The Morgan fingerprint density at radius 2 is 1.95 bits per heavy atom. The van der Waals surface area contributed by atoms with Gasteiger partial charge in [-0.25, -0.2) is 4.79 Å². The Kier molecular flexibility index (Phi) is 5.92. The van der Waals surface area contributed by atoms with Gasteiger partial charge in [0.1, 0.15) is 5.75 Å². The molecule has 2 aromatic carbocycles. The van der Waals surface area contributed by atoms with Crippen LogP contribution >= 0.6 is 23.2 Å². The molecule has 22 heavy (non-hydrogen) atoms. The van der Waals surface area contributed by atoms with Gasteiger partial charge in [-0.2, -0.15) is 0 Å². The van der Waals surface area contributed by atoms with Crippen LogP contribution in [0, 0.1) is 0 Å². The van der Waals surface area contributed by atoms with Crippen molar-refractivity contribution in [3.8, 4) is 5.75 Å². The number of carbonyl (C=O) groups is 1. The summed E-state index contributed by atoms with van der Waals surface area (Å²) in [7, 11) is 0. The minimum absolute atomic E-state index is 0.0566. The molecule has 0 saturated heterocycles. The minimum Gasteiger partial charge on any atom is -0.473 e. The van der Waals surface area contributed by atoms with E-state index >= 15 is 0 Å². The molecule has 2 rings (SSSR count). The van der Waals surface area contributed by atoms with Crippen molar-refractivity contribution in [2.24, 2.45) is 0 Å². The van der Waals surface area contributed by atoms with Gasteiger partial charge in [0.15, 0.2) is 6.73 Å². The number of carbonyl (C=O) groups excluding carboxylic acids is 1. The van der Waals surface area contributed by atoms with Gasteiger partial charge in [0.25, 0.3) is 0 Å². The Balaban J connectivity index is 1.87. The minimum atomic E-state index is -0.418. The molecular weight excluding hydrogens is 323 g/mol. The smallest absolute Gasteiger partial charge is 0.321 e. The zero-order valence-corrected chi connectivity index (χ0v) is 13.5. The molecule has 0 heterocycles. The van der Waals surface area contributed by atoms with Crippen LogP contribution in [0.25, 0.3) is 0 Å². The third-order valence-electron chi connectivity index (χ3n) is 2.99. The number of hydrogen-bond donors (Lipinski definition) is 2. The van der Waals surface area contributed by atoms with Crippen LogP contribution in [0.4, 0.5) is 10.5 Å².